The van der Waals surface area contributed by atoms with E-state index >= 15 is 0 Å². The molecule has 2 rings (SSSR count). The first kappa shape index (κ1) is 26.2. The molecule has 1 aliphatic heterocycles. The van der Waals surface area contributed by atoms with Crippen molar-refractivity contribution in [3.05, 3.63) is 29.3 Å². The highest BCUT2D eigenvalue weighted by Gasteiger charge is 2.20. The number of hydrogen-bond acceptors (Lipinski definition) is 5. The largest absolute Gasteiger partial charge is 0.492 e. The molecule has 1 aromatic rings. The normalized spacial score (nSPS) is 14.7. The molecule has 9 heteroatoms. The number of amides is 1. The molecule has 1 heterocycles. The molecule has 2 N–H and O–H groups in total. The van der Waals surface area contributed by atoms with Crippen LogP contribution >= 0.6 is 36.4 Å². The van der Waals surface area contributed by atoms with Crippen LogP contribution in [0.25, 0.3) is 0 Å². The van der Waals surface area contributed by atoms with Crippen molar-refractivity contribution in [3.8, 4) is 5.75 Å². The lowest BCUT2D eigenvalue weighted by atomic mass is 10.1. The Balaban J connectivity index is 0.00000338. The smallest absolute Gasteiger partial charge is 0.234 e. The van der Waals surface area contributed by atoms with Gasteiger partial charge in [-0.25, -0.2) is 0 Å². The minimum atomic E-state index is 0. The molecule has 1 fully saturated rings. The molecule has 1 aliphatic rings. The average Bonchev–Trinajstić information content (AvgIpc) is 2.62. The average molecular weight is 443 g/mol. The molecule has 0 saturated carbocycles. The standard InChI is InChI=1S/C18H28ClN3O3.2ClH/c1-24-12-8-20-14-18(23)21-16-6-9-22(10-7-16)11-13-25-17-4-2-15(19)3-5-17;;/h2-5,16,20H,6-14H2,1H3,(H,21,23);2*1H. The zero-order valence-corrected chi connectivity index (χ0v) is 18.0. The Morgan fingerprint density at radius 3 is 2.48 bits per heavy atom. The second-order valence-electron chi connectivity index (χ2n) is 6.16. The van der Waals surface area contributed by atoms with Crippen molar-refractivity contribution in [3.63, 3.8) is 0 Å². The number of rotatable bonds is 10. The fraction of sp³-hybridized carbons (Fsp3) is 0.611. The molecule has 0 unspecified atom stereocenters. The number of carbonyl (C=O) groups excluding carboxylic acids is 1. The summed E-state index contributed by atoms with van der Waals surface area (Å²) in [4.78, 5) is 14.2. The number of methoxy groups -OCH3 is 1. The summed E-state index contributed by atoms with van der Waals surface area (Å²) < 4.78 is 10.7. The minimum absolute atomic E-state index is 0. The van der Waals surface area contributed by atoms with E-state index in [4.69, 9.17) is 21.1 Å². The van der Waals surface area contributed by atoms with Gasteiger partial charge in [-0.1, -0.05) is 11.6 Å². The summed E-state index contributed by atoms with van der Waals surface area (Å²) in [6.07, 6.45) is 1.95. The van der Waals surface area contributed by atoms with Gasteiger partial charge in [-0.2, -0.15) is 0 Å². The Labute approximate surface area is 179 Å². The van der Waals surface area contributed by atoms with E-state index < -0.39 is 0 Å². The van der Waals surface area contributed by atoms with E-state index in [1.807, 2.05) is 24.3 Å². The maximum absolute atomic E-state index is 11.9. The van der Waals surface area contributed by atoms with Gasteiger partial charge in [0.2, 0.25) is 5.91 Å². The zero-order valence-electron chi connectivity index (χ0n) is 15.6. The van der Waals surface area contributed by atoms with Crippen molar-refractivity contribution in [2.24, 2.45) is 0 Å². The predicted molar refractivity (Wildman–Crippen MR) is 114 cm³/mol. The molecule has 0 atom stereocenters. The van der Waals surface area contributed by atoms with Crippen molar-refractivity contribution < 1.29 is 14.3 Å². The van der Waals surface area contributed by atoms with Crippen LogP contribution in [-0.4, -0.2) is 69.9 Å². The summed E-state index contributed by atoms with van der Waals surface area (Å²) in [5.41, 5.74) is 0. The van der Waals surface area contributed by atoms with E-state index in [1.54, 1.807) is 7.11 Å². The molecule has 27 heavy (non-hydrogen) atoms. The number of ether oxygens (including phenoxy) is 2. The number of hydrogen-bond donors (Lipinski definition) is 2. The maximum atomic E-state index is 11.9. The quantitative estimate of drug-likeness (QED) is 0.545. The second-order valence-corrected chi connectivity index (χ2v) is 6.59. The van der Waals surface area contributed by atoms with E-state index in [0.29, 0.717) is 31.3 Å². The molecule has 0 spiro atoms. The fourth-order valence-corrected chi connectivity index (χ4v) is 2.91. The molecule has 0 aliphatic carbocycles. The van der Waals surface area contributed by atoms with Crippen molar-refractivity contribution in [1.29, 1.82) is 0 Å². The van der Waals surface area contributed by atoms with Gasteiger partial charge >= 0.3 is 0 Å². The molecular formula is C18H30Cl3N3O3. The number of benzene rings is 1. The molecule has 6 nitrogen and oxygen atoms in total. The highest BCUT2D eigenvalue weighted by Crippen LogP contribution is 2.16. The number of carbonyl (C=O) groups is 1. The van der Waals surface area contributed by atoms with E-state index in [1.165, 1.54) is 0 Å². The van der Waals surface area contributed by atoms with Crippen LogP contribution < -0.4 is 15.4 Å². The van der Waals surface area contributed by atoms with Crippen LogP contribution in [0, 0.1) is 0 Å². The third-order valence-corrected chi connectivity index (χ3v) is 4.46. The Bertz CT molecular complexity index is 512. The predicted octanol–water partition coefficient (Wildman–Crippen LogP) is 2.38. The van der Waals surface area contributed by atoms with E-state index in [0.717, 1.165) is 38.2 Å². The molecular weight excluding hydrogens is 413 g/mol. The highest BCUT2D eigenvalue weighted by molar-refractivity contribution is 6.30. The molecule has 0 radical (unpaired) electrons. The second kappa shape index (κ2) is 15.2. The summed E-state index contributed by atoms with van der Waals surface area (Å²) in [6, 6.07) is 7.69. The number of nitrogens with one attached hydrogen (secondary N) is 2. The molecule has 156 valence electrons. The Morgan fingerprint density at radius 2 is 1.85 bits per heavy atom. The van der Waals surface area contributed by atoms with Crippen LogP contribution in [0.4, 0.5) is 0 Å². The summed E-state index contributed by atoms with van der Waals surface area (Å²) in [7, 11) is 1.65. The van der Waals surface area contributed by atoms with Crippen LogP contribution in [0.15, 0.2) is 24.3 Å². The van der Waals surface area contributed by atoms with E-state index in [2.05, 4.69) is 15.5 Å². The zero-order chi connectivity index (χ0) is 17.9. The first-order valence-electron chi connectivity index (χ1n) is 8.77. The van der Waals surface area contributed by atoms with Crippen molar-refractivity contribution >= 4 is 42.3 Å². The van der Waals surface area contributed by atoms with Gasteiger partial charge in [-0.3, -0.25) is 9.69 Å². The summed E-state index contributed by atoms with van der Waals surface area (Å²) >= 11 is 5.86. The Kier molecular flexibility index (Phi) is 14.8. The highest BCUT2D eigenvalue weighted by atomic mass is 35.5. The lowest BCUT2D eigenvalue weighted by molar-refractivity contribution is -0.121. The summed E-state index contributed by atoms with van der Waals surface area (Å²) in [6.45, 7) is 5.15. The third-order valence-electron chi connectivity index (χ3n) is 4.21. The van der Waals surface area contributed by atoms with Gasteiger partial charge in [-0.05, 0) is 37.1 Å². The summed E-state index contributed by atoms with van der Waals surface area (Å²) in [5, 5.41) is 6.86. The van der Waals surface area contributed by atoms with Gasteiger partial charge in [0.25, 0.3) is 0 Å². The first-order valence-corrected chi connectivity index (χ1v) is 9.15. The molecule has 1 saturated heterocycles. The van der Waals surface area contributed by atoms with Crippen molar-refractivity contribution in [2.75, 3.05) is 53.0 Å². The van der Waals surface area contributed by atoms with Crippen molar-refractivity contribution in [2.45, 2.75) is 18.9 Å². The topological polar surface area (TPSA) is 62.8 Å². The fourth-order valence-electron chi connectivity index (χ4n) is 2.78. The SMILES string of the molecule is COCCNCC(=O)NC1CCN(CCOc2ccc(Cl)cc2)CC1.Cl.Cl. The maximum Gasteiger partial charge on any atom is 0.234 e. The van der Waals surface area contributed by atoms with E-state index in [9.17, 15) is 4.79 Å². The molecule has 0 aromatic heterocycles. The van der Waals surface area contributed by atoms with Crippen LogP contribution in [0.2, 0.25) is 5.02 Å². The molecule has 1 amide bonds. The lowest BCUT2D eigenvalue weighted by Crippen LogP contribution is -2.47. The van der Waals surface area contributed by atoms with Gasteiger partial charge in [-0.15, -0.1) is 24.8 Å². The number of likely N-dealkylation sites (tertiary alicyclic amines) is 1. The molecule has 0 bridgehead atoms. The first-order chi connectivity index (χ1) is 12.2. The minimum Gasteiger partial charge on any atom is -0.492 e. The Morgan fingerprint density at radius 1 is 1.19 bits per heavy atom. The lowest BCUT2D eigenvalue weighted by Gasteiger charge is -2.32. The van der Waals surface area contributed by atoms with E-state index in [-0.39, 0.29) is 36.8 Å². The van der Waals surface area contributed by atoms with Crippen LogP contribution in [0.3, 0.4) is 0 Å². The van der Waals surface area contributed by atoms with Gasteiger partial charge in [0.15, 0.2) is 0 Å². The number of piperidine rings is 1. The van der Waals surface area contributed by atoms with Gasteiger partial charge in [0.1, 0.15) is 12.4 Å². The van der Waals surface area contributed by atoms with Gasteiger partial charge in [0.05, 0.1) is 13.2 Å². The summed E-state index contributed by atoms with van der Waals surface area (Å²) in [5.74, 6) is 0.896. The van der Waals surface area contributed by atoms with Crippen LogP contribution in [0.1, 0.15) is 12.8 Å². The van der Waals surface area contributed by atoms with Gasteiger partial charge < -0.3 is 20.1 Å². The van der Waals surface area contributed by atoms with Crippen LogP contribution in [0.5, 0.6) is 5.75 Å². The van der Waals surface area contributed by atoms with Crippen molar-refractivity contribution in [1.82, 2.24) is 15.5 Å². The number of halogens is 3. The third kappa shape index (κ3) is 11.0. The van der Waals surface area contributed by atoms with Gasteiger partial charge in [0, 0.05) is 44.4 Å². The monoisotopic (exact) mass is 441 g/mol. The number of nitrogens with zero attached hydrogens (tertiary/aromatic N) is 1. The van der Waals surface area contributed by atoms with Crippen LogP contribution in [-0.2, 0) is 9.53 Å². The Hall–Kier alpha value is -0.760. The molecule has 1 aromatic carbocycles.